The monoisotopic (exact) mass is 259 g/mol. The number of hydrogen-bond acceptors (Lipinski definition) is 2. The molecule has 100 valence electrons. The molecular weight excluding hydrogens is 243 g/mol. The van der Waals surface area contributed by atoms with Crippen LogP contribution in [0.15, 0.2) is 30.3 Å². The number of rotatable bonds is 2. The van der Waals surface area contributed by atoms with Crippen LogP contribution >= 0.6 is 0 Å². The number of morpholine rings is 1. The molecule has 1 atom stereocenters. The molecule has 1 aromatic carbocycles. The normalized spacial score (nSPS) is 26.2. The lowest BCUT2D eigenvalue weighted by Gasteiger charge is -2.41. The summed E-state index contributed by atoms with van der Waals surface area (Å²) in [5, 5.41) is 0. The van der Waals surface area contributed by atoms with Crippen molar-refractivity contribution in [1.82, 2.24) is 4.90 Å². The number of alkyl halides is 3. The Morgan fingerprint density at radius 2 is 1.94 bits per heavy atom. The van der Waals surface area contributed by atoms with Crippen molar-refractivity contribution in [3.63, 3.8) is 0 Å². The van der Waals surface area contributed by atoms with Gasteiger partial charge in [0.25, 0.3) is 0 Å². The topological polar surface area (TPSA) is 12.5 Å². The zero-order chi connectivity index (χ0) is 13.2. The molecule has 0 spiro atoms. The highest BCUT2D eigenvalue weighted by Gasteiger charge is 2.54. The summed E-state index contributed by atoms with van der Waals surface area (Å²) in [6, 6.07) is 9.50. The number of nitrogens with zero attached hydrogens (tertiary/aromatic N) is 1. The van der Waals surface area contributed by atoms with Crippen molar-refractivity contribution in [3.05, 3.63) is 35.9 Å². The predicted molar refractivity (Wildman–Crippen MR) is 62.1 cm³/mol. The van der Waals surface area contributed by atoms with Gasteiger partial charge in [-0.2, -0.15) is 13.2 Å². The SMILES string of the molecule is C[C@@]1(C(F)(F)F)CN(Cc2ccccc2)CCO1. The predicted octanol–water partition coefficient (Wildman–Crippen LogP) is 2.84. The van der Waals surface area contributed by atoms with Gasteiger partial charge in [0, 0.05) is 19.6 Å². The largest absolute Gasteiger partial charge is 0.418 e. The first-order valence-corrected chi connectivity index (χ1v) is 5.88. The van der Waals surface area contributed by atoms with E-state index in [1.807, 2.05) is 30.3 Å². The lowest BCUT2D eigenvalue weighted by molar-refractivity contribution is -0.289. The Hall–Kier alpha value is -1.07. The molecule has 0 aliphatic carbocycles. The highest BCUT2D eigenvalue weighted by molar-refractivity contribution is 5.14. The van der Waals surface area contributed by atoms with Crippen LogP contribution in [-0.4, -0.2) is 36.4 Å². The van der Waals surface area contributed by atoms with E-state index < -0.39 is 11.8 Å². The summed E-state index contributed by atoms with van der Waals surface area (Å²) >= 11 is 0. The Morgan fingerprint density at radius 3 is 2.56 bits per heavy atom. The number of halogens is 3. The summed E-state index contributed by atoms with van der Waals surface area (Å²) < 4.78 is 43.6. The van der Waals surface area contributed by atoms with E-state index in [0.717, 1.165) is 12.5 Å². The Morgan fingerprint density at radius 1 is 1.28 bits per heavy atom. The Kier molecular flexibility index (Phi) is 3.64. The van der Waals surface area contributed by atoms with Crippen LogP contribution in [-0.2, 0) is 11.3 Å². The molecule has 0 bridgehead atoms. The van der Waals surface area contributed by atoms with Crippen molar-refractivity contribution in [2.45, 2.75) is 25.2 Å². The van der Waals surface area contributed by atoms with Crippen LogP contribution in [0.4, 0.5) is 13.2 Å². The molecule has 0 N–H and O–H groups in total. The third-order valence-electron chi connectivity index (χ3n) is 3.20. The van der Waals surface area contributed by atoms with E-state index in [-0.39, 0.29) is 13.2 Å². The summed E-state index contributed by atoms with van der Waals surface area (Å²) in [6.45, 7) is 2.16. The Balaban J connectivity index is 2.04. The van der Waals surface area contributed by atoms with E-state index in [2.05, 4.69) is 0 Å². The van der Waals surface area contributed by atoms with Crippen LogP contribution in [0.1, 0.15) is 12.5 Å². The molecule has 1 aliphatic heterocycles. The first kappa shape index (κ1) is 13.4. The van der Waals surface area contributed by atoms with Gasteiger partial charge in [0.1, 0.15) is 0 Å². The van der Waals surface area contributed by atoms with E-state index in [4.69, 9.17) is 4.74 Å². The van der Waals surface area contributed by atoms with Crippen LogP contribution in [0.3, 0.4) is 0 Å². The molecule has 1 saturated heterocycles. The average Bonchev–Trinajstić information content (AvgIpc) is 2.29. The summed E-state index contributed by atoms with van der Waals surface area (Å²) in [5.74, 6) is 0. The van der Waals surface area contributed by atoms with Crippen molar-refractivity contribution in [3.8, 4) is 0 Å². The van der Waals surface area contributed by atoms with Crippen LogP contribution in [0.5, 0.6) is 0 Å². The van der Waals surface area contributed by atoms with E-state index in [0.29, 0.717) is 13.1 Å². The average molecular weight is 259 g/mol. The van der Waals surface area contributed by atoms with Gasteiger partial charge in [-0.15, -0.1) is 0 Å². The quantitative estimate of drug-likeness (QED) is 0.809. The highest BCUT2D eigenvalue weighted by Crippen LogP contribution is 2.36. The molecule has 2 rings (SSSR count). The first-order valence-electron chi connectivity index (χ1n) is 5.88. The van der Waals surface area contributed by atoms with Gasteiger partial charge in [0.2, 0.25) is 0 Å². The van der Waals surface area contributed by atoms with E-state index in [9.17, 15) is 13.2 Å². The van der Waals surface area contributed by atoms with Crippen molar-refractivity contribution in [2.24, 2.45) is 0 Å². The standard InChI is InChI=1S/C13H16F3NO/c1-12(13(14,15)16)10-17(7-8-18-12)9-11-5-3-2-4-6-11/h2-6H,7-10H2,1H3/t12-/m0/s1. The molecule has 1 aromatic rings. The van der Waals surface area contributed by atoms with Crippen LogP contribution < -0.4 is 0 Å². The zero-order valence-corrected chi connectivity index (χ0v) is 10.2. The second kappa shape index (κ2) is 4.90. The van der Waals surface area contributed by atoms with Crippen molar-refractivity contribution in [1.29, 1.82) is 0 Å². The van der Waals surface area contributed by atoms with Gasteiger partial charge >= 0.3 is 6.18 Å². The smallest absolute Gasteiger partial charge is 0.363 e. The molecule has 0 radical (unpaired) electrons. The third kappa shape index (κ3) is 2.84. The Bertz CT molecular complexity index is 393. The lowest BCUT2D eigenvalue weighted by atomic mass is 10.0. The van der Waals surface area contributed by atoms with Gasteiger partial charge in [-0.1, -0.05) is 30.3 Å². The molecule has 1 heterocycles. The fourth-order valence-corrected chi connectivity index (χ4v) is 2.10. The summed E-state index contributed by atoms with van der Waals surface area (Å²) in [6.07, 6.45) is -4.33. The van der Waals surface area contributed by atoms with Gasteiger partial charge in [-0.25, -0.2) is 0 Å². The maximum absolute atomic E-state index is 12.9. The molecule has 0 unspecified atom stereocenters. The summed E-state index contributed by atoms with van der Waals surface area (Å²) in [4.78, 5) is 1.78. The molecule has 2 nitrogen and oxygen atoms in total. The molecule has 0 amide bonds. The fourth-order valence-electron chi connectivity index (χ4n) is 2.10. The van der Waals surface area contributed by atoms with Gasteiger partial charge < -0.3 is 4.74 Å². The lowest BCUT2D eigenvalue weighted by Crippen LogP contribution is -2.57. The van der Waals surface area contributed by atoms with Gasteiger partial charge in [-0.05, 0) is 12.5 Å². The molecule has 0 aromatic heterocycles. The Labute approximate surface area is 104 Å². The molecule has 18 heavy (non-hydrogen) atoms. The maximum atomic E-state index is 12.9. The highest BCUT2D eigenvalue weighted by atomic mass is 19.4. The van der Waals surface area contributed by atoms with Crippen molar-refractivity contribution in [2.75, 3.05) is 19.7 Å². The minimum atomic E-state index is -4.33. The van der Waals surface area contributed by atoms with Gasteiger partial charge in [-0.3, -0.25) is 4.90 Å². The van der Waals surface area contributed by atoms with E-state index in [1.54, 1.807) is 4.90 Å². The van der Waals surface area contributed by atoms with E-state index in [1.165, 1.54) is 0 Å². The molecule has 5 heteroatoms. The van der Waals surface area contributed by atoms with Crippen LogP contribution in [0.2, 0.25) is 0 Å². The summed E-state index contributed by atoms with van der Waals surface area (Å²) in [7, 11) is 0. The van der Waals surface area contributed by atoms with Gasteiger partial charge in [0.05, 0.1) is 6.61 Å². The molecule has 0 saturated carbocycles. The second-order valence-electron chi connectivity index (χ2n) is 4.77. The maximum Gasteiger partial charge on any atom is 0.418 e. The minimum Gasteiger partial charge on any atom is -0.363 e. The fraction of sp³-hybridized carbons (Fsp3) is 0.538. The van der Waals surface area contributed by atoms with Crippen LogP contribution in [0, 0.1) is 0 Å². The summed E-state index contributed by atoms with van der Waals surface area (Å²) in [5.41, 5.74) is -1.04. The van der Waals surface area contributed by atoms with E-state index >= 15 is 0 Å². The third-order valence-corrected chi connectivity index (χ3v) is 3.20. The van der Waals surface area contributed by atoms with Crippen LogP contribution in [0.25, 0.3) is 0 Å². The number of hydrogen-bond donors (Lipinski definition) is 0. The van der Waals surface area contributed by atoms with Crippen molar-refractivity contribution < 1.29 is 17.9 Å². The first-order chi connectivity index (χ1) is 8.41. The molecule has 1 fully saturated rings. The molecular formula is C13H16F3NO. The molecule has 1 aliphatic rings. The number of benzene rings is 1. The minimum absolute atomic E-state index is 0.114. The zero-order valence-electron chi connectivity index (χ0n) is 10.2. The second-order valence-corrected chi connectivity index (χ2v) is 4.77. The van der Waals surface area contributed by atoms with Gasteiger partial charge in [0.15, 0.2) is 5.60 Å². The van der Waals surface area contributed by atoms with Crippen molar-refractivity contribution >= 4 is 0 Å². The number of ether oxygens (including phenoxy) is 1.